The van der Waals surface area contributed by atoms with Gasteiger partial charge in [0.25, 0.3) is 0 Å². The summed E-state index contributed by atoms with van der Waals surface area (Å²) < 4.78 is 4.63. The number of hydrogen-bond donors (Lipinski definition) is 1. The minimum absolute atomic E-state index is 0.387. The maximum atomic E-state index is 8.69. The third-order valence-corrected chi connectivity index (χ3v) is 1.02. The van der Waals surface area contributed by atoms with Gasteiger partial charge in [-0.1, -0.05) is 0 Å². The molecule has 48 valence electrons. The Morgan fingerprint density at radius 3 is 2.50 bits per heavy atom. The maximum Gasteiger partial charge on any atom is 0.161 e. The quantitative estimate of drug-likeness (QED) is 0.565. The van der Waals surface area contributed by atoms with Crippen LogP contribution in [0, 0.1) is 0 Å². The molecule has 0 aromatic rings. The van der Waals surface area contributed by atoms with Crippen LogP contribution in [-0.4, -0.2) is 23.4 Å². The number of methoxy groups -OCH3 is 1. The molecule has 0 amide bonds. The highest BCUT2D eigenvalue weighted by Gasteiger charge is 1.98. The minimum atomic E-state index is -0.387. The topological polar surface area (TPSA) is 29.5 Å². The van der Waals surface area contributed by atoms with Crippen LogP contribution in [0.3, 0.4) is 0 Å². The van der Waals surface area contributed by atoms with E-state index in [1.165, 1.54) is 7.11 Å². The first kappa shape index (κ1) is 7.85. The fourth-order valence-electron chi connectivity index (χ4n) is 0.325. The fourth-order valence-corrected chi connectivity index (χ4v) is 0.566. The van der Waals surface area contributed by atoms with E-state index in [0.29, 0.717) is 11.5 Å². The van der Waals surface area contributed by atoms with E-state index in [0.717, 1.165) is 0 Å². The van der Waals surface area contributed by atoms with Crippen LogP contribution in [0.2, 0.25) is 0 Å². The molecule has 0 saturated carbocycles. The summed E-state index contributed by atoms with van der Waals surface area (Å²) in [7, 11) is 1.50. The second kappa shape index (κ2) is 3.80. The number of rotatable bonds is 2. The molecule has 0 aliphatic rings. The van der Waals surface area contributed by atoms with Gasteiger partial charge in [0.05, 0.1) is 13.2 Å². The summed E-state index contributed by atoms with van der Waals surface area (Å²) in [5.41, 5.74) is 0. The van der Waals surface area contributed by atoms with Crippen molar-refractivity contribution in [2.45, 2.75) is 19.4 Å². The van der Waals surface area contributed by atoms with Crippen LogP contribution < -0.4 is 0 Å². The van der Waals surface area contributed by atoms with Crippen molar-refractivity contribution < 1.29 is 9.84 Å². The first-order chi connectivity index (χ1) is 3.66. The van der Waals surface area contributed by atoms with E-state index in [4.69, 9.17) is 5.11 Å². The Hall–Kier alpha value is -0.150. The number of aliphatic hydroxyl groups is 1. The lowest BCUT2D eigenvalue weighted by atomic mass is 10.3. The molecule has 2 nitrogen and oxygen atoms in total. The van der Waals surface area contributed by atoms with Gasteiger partial charge >= 0.3 is 0 Å². The number of aliphatic hydroxyl groups excluding tert-OH is 1. The van der Waals surface area contributed by atoms with Crippen molar-refractivity contribution in [1.29, 1.82) is 0 Å². The van der Waals surface area contributed by atoms with E-state index in [1.54, 1.807) is 6.92 Å². The van der Waals surface area contributed by atoms with E-state index in [9.17, 15) is 0 Å². The molecule has 0 bridgehead atoms. The summed E-state index contributed by atoms with van der Waals surface area (Å²) >= 11 is 4.65. The molecule has 3 heteroatoms. The lowest BCUT2D eigenvalue weighted by Gasteiger charge is -2.02. The van der Waals surface area contributed by atoms with Crippen molar-refractivity contribution in [1.82, 2.24) is 0 Å². The van der Waals surface area contributed by atoms with Crippen molar-refractivity contribution in [2.75, 3.05) is 7.11 Å². The number of ether oxygens (including phenoxy) is 1. The van der Waals surface area contributed by atoms with Crippen LogP contribution in [0.1, 0.15) is 13.3 Å². The molecule has 0 aromatic carbocycles. The third kappa shape index (κ3) is 4.02. The SMILES string of the molecule is COC(=S)CC(C)O. The molecule has 0 spiro atoms. The largest absolute Gasteiger partial charge is 0.490 e. The fraction of sp³-hybridized carbons (Fsp3) is 0.800. The third-order valence-electron chi connectivity index (χ3n) is 0.690. The molecule has 1 N–H and O–H groups in total. The Morgan fingerprint density at radius 1 is 1.88 bits per heavy atom. The zero-order valence-corrected chi connectivity index (χ0v) is 5.86. The summed E-state index contributed by atoms with van der Waals surface area (Å²) in [6.07, 6.45) is 0.0636. The highest BCUT2D eigenvalue weighted by molar-refractivity contribution is 7.80. The van der Waals surface area contributed by atoms with Crippen LogP contribution in [0.5, 0.6) is 0 Å². The zero-order chi connectivity index (χ0) is 6.57. The van der Waals surface area contributed by atoms with E-state index in [2.05, 4.69) is 17.0 Å². The van der Waals surface area contributed by atoms with Crippen LogP contribution in [-0.2, 0) is 4.74 Å². The first-order valence-corrected chi connectivity index (χ1v) is 2.82. The van der Waals surface area contributed by atoms with Gasteiger partial charge in [-0.25, -0.2) is 0 Å². The molecule has 0 saturated heterocycles. The number of hydrogen-bond acceptors (Lipinski definition) is 3. The summed E-state index contributed by atoms with van der Waals surface area (Å²) in [5.74, 6) is 0. The van der Waals surface area contributed by atoms with Gasteiger partial charge in [-0.05, 0) is 19.1 Å². The van der Waals surface area contributed by atoms with Gasteiger partial charge < -0.3 is 9.84 Å². The molecular formula is C5H10O2S. The Morgan fingerprint density at radius 2 is 2.38 bits per heavy atom. The summed E-state index contributed by atoms with van der Waals surface area (Å²) in [6.45, 7) is 1.67. The Bertz CT molecular complexity index is 80.5. The monoisotopic (exact) mass is 134 g/mol. The molecule has 0 rings (SSSR count). The molecule has 0 radical (unpaired) electrons. The summed E-state index contributed by atoms with van der Waals surface area (Å²) in [5, 5.41) is 9.14. The molecule has 0 aromatic heterocycles. The van der Waals surface area contributed by atoms with Crippen LogP contribution in [0.4, 0.5) is 0 Å². The van der Waals surface area contributed by atoms with Crippen molar-refractivity contribution in [3.63, 3.8) is 0 Å². The van der Waals surface area contributed by atoms with Gasteiger partial charge in [0.1, 0.15) is 0 Å². The van der Waals surface area contributed by atoms with Gasteiger partial charge in [-0.15, -0.1) is 0 Å². The van der Waals surface area contributed by atoms with E-state index < -0.39 is 0 Å². The lowest BCUT2D eigenvalue weighted by molar-refractivity contribution is 0.195. The van der Waals surface area contributed by atoms with Crippen LogP contribution in [0.25, 0.3) is 0 Å². The molecule has 1 unspecified atom stereocenters. The average Bonchev–Trinajstić information content (AvgIpc) is 1.65. The molecule has 1 atom stereocenters. The van der Waals surface area contributed by atoms with Crippen molar-refractivity contribution in [3.05, 3.63) is 0 Å². The number of thiocarbonyl (C=S) groups is 1. The summed E-state index contributed by atoms with van der Waals surface area (Å²) in [4.78, 5) is 0. The standard InChI is InChI=1S/C5H10O2S/c1-4(6)3-5(8)7-2/h4,6H,3H2,1-2H3. The molecular weight excluding hydrogens is 124 g/mol. The highest BCUT2D eigenvalue weighted by atomic mass is 32.1. The first-order valence-electron chi connectivity index (χ1n) is 2.41. The second-order valence-corrected chi connectivity index (χ2v) is 2.08. The Labute approximate surface area is 54.5 Å². The van der Waals surface area contributed by atoms with Crippen LogP contribution in [0.15, 0.2) is 0 Å². The smallest absolute Gasteiger partial charge is 0.161 e. The molecule has 0 aliphatic heterocycles. The van der Waals surface area contributed by atoms with Gasteiger partial charge in [-0.2, -0.15) is 0 Å². The van der Waals surface area contributed by atoms with Gasteiger partial charge in [-0.3, -0.25) is 0 Å². The molecule has 0 heterocycles. The van der Waals surface area contributed by atoms with E-state index in [-0.39, 0.29) is 6.10 Å². The Balaban J connectivity index is 3.25. The van der Waals surface area contributed by atoms with Crippen molar-refractivity contribution >= 4 is 17.3 Å². The normalized spacial score (nSPS) is 12.9. The van der Waals surface area contributed by atoms with Crippen molar-refractivity contribution in [3.8, 4) is 0 Å². The highest BCUT2D eigenvalue weighted by Crippen LogP contribution is 1.92. The van der Waals surface area contributed by atoms with Crippen LogP contribution >= 0.6 is 12.2 Å². The summed E-state index contributed by atoms with van der Waals surface area (Å²) in [6, 6.07) is 0. The van der Waals surface area contributed by atoms with E-state index in [1.807, 2.05) is 0 Å². The minimum Gasteiger partial charge on any atom is -0.490 e. The molecule has 0 fully saturated rings. The second-order valence-electron chi connectivity index (χ2n) is 1.63. The van der Waals surface area contributed by atoms with Gasteiger partial charge in [0, 0.05) is 6.42 Å². The average molecular weight is 134 g/mol. The van der Waals surface area contributed by atoms with Crippen molar-refractivity contribution in [2.24, 2.45) is 0 Å². The Kier molecular flexibility index (Phi) is 3.73. The maximum absolute atomic E-state index is 8.69. The lowest BCUT2D eigenvalue weighted by Crippen LogP contribution is -2.08. The van der Waals surface area contributed by atoms with Gasteiger partial charge in [0.15, 0.2) is 5.05 Å². The zero-order valence-electron chi connectivity index (χ0n) is 5.05. The van der Waals surface area contributed by atoms with E-state index >= 15 is 0 Å². The van der Waals surface area contributed by atoms with Gasteiger partial charge in [0.2, 0.25) is 0 Å². The predicted octanol–water partition coefficient (Wildman–Crippen LogP) is 0.731. The molecule has 0 aliphatic carbocycles. The molecule has 8 heavy (non-hydrogen) atoms. The predicted molar refractivity (Wildman–Crippen MR) is 35.9 cm³/mol.